The molecule has 2 aromatic rings. The molecule has 8 nitrogen and oxygen atoms in total. The van der Waals surface area contributed by atoms with Crippen LogP contribution in [0.5, 0.6) is 0 Å². The van der Waals surface area contributed by atoms with Gasteiger partial charge in [0.25, 0.3) is 0 Å². The number of rotatable bonds is 0. The van der Waals surface area contributed by atoms with Gasteiger partial charge in [-0.3, -0.25) is 0 Å². The zero-order valence-electron chi connectivity index (χ0n) is 29.3. The maximum atomic E-state index is 5.42. The molecule has 8 heteroatoms. The summed E-state index contributed by atoms with van der Waals surface area (Å²) in [6.07, 6.45) is 7.40. The van der Waals surface area contributed by atoms with Crippen LogP contribution in [0.15, 0.2) is 34.1 Å². The molecule has 0 atom stereocenters. The van der Waals surface area contributed by atoms with Gasteiger partial charge in [-0.05, 0) is 6.42 Å². The van der Waals surface area contributed by atoms with Crippen LogP contribution in [0.1, 0.15) is 129 Å². The van der Waals surface area contributed by atoms with E-state index in [2.05, 4.69) is 93.1 Å². The molecule has 41 heavy (non-hydrogen) atoms. The topological polar surface area (TPSA) is 89.0 Å². The van der Waals surface area contributed by atoms with Crippen molar-refractivity contribution in [2.75, 3.05) is 26.4 Å². The Labute approximate surface area is 252 Å². The third-order valence-electron chi connectivity index (χ3n) is 5.24. The van der Waals surface area contributed by atoms with Crippen molar-refractivity contribution < 1.29 is 27.8 Å². The van der Waals surface area contributed by atoms with Gasteiger partial charge >= 0.3 is 0 Å². The molecule has 0 amide bonds. The van der Waals surface area contributed by atoms with E-state index in [1.807, 2.05) is 27.7 Å². The molecule has 2 saturated heterocycles. The van der Waals surface area contributed by atoms with Gasteiger partial charge in [0.2, 0.25) is 0 Å². The van der Waals surface area contributed by atoms with Gasteiger partial charge in [-0.25, -0.2) is 9.97 Å². The first-order valence-electron chi connectivity index (χ1n) is 15.2. The molecular formula is C33H64N2O6. The van der Waals surface area contributed by atoms with Crippen molar-refractivity contribution in [1.29, 1.82) is 0 Å². The summed E-state index contributed by atoms with van der Waals surface area (Å²) >= 11 is 0. The first-order valence-corrected chi connectivity index (χ1v) is 15.2. The fourth-order valence-corrected chi connectivity index (χ4v) is 3.02. The highest BCUT2D eigenvalue weighted by Gasteiger charge is 2.29. The number of nitrogens with zero attached hydrogens (tertiary/aromatic N) is 2. The lowest BCUT2D eigenvalue weighted by atomic mass is 9.93. The van der Waals surface area contributed by atoms with Crippen LogP contribution in [-0.4, -0.2) is 49.0 Å². The molecule has 2 fully saturated rings. The SMILES string of the molecule is CC.CC.CC(C)(C)C1OCCCO1.CC(C)(C)C1OCCO1.CC(C)(C)c1cnco1.CC(C)(C)c1cocn1. The van der Waals surface area contributed by atoms with E-state index in [1.165, 1.54) is 12.8 Å². The van der Waals surface area contributed by atoms with Crippen molar-refractivity contribution >= 4 is 0 Å². The van der Waals surface area contributed by atoms with Gasteiger partial charge < -0.3 is 27.8 Å². The van der Waals surface area contributed by atoms with Gasteiger partial charge in [-0.1, -0.05) is 111 Å². The Hall–Kier alpha value is -1.74. The predicted molar refractivity (Wildman–Crippen MR) is 168 cm³/mol. The van der Waals surface area contributed by atoms with Crippen molar-refractivity contribution in [2.24, 2.45) is 10.8 Å². The number of hydrogen-bond donors (Lipinski definition) is 0. The molecule has 4 rings (SSSR count). The van der Waals surface area contributed by atoms with Gasteiger partial charge in [0.05, 0.1) is 38.3 Å². The minimum Gasteiger partial charge on any atom is -0.451 e. The van der Waals surface area contributed by atoms with Crippen LogP contribution in [0.25, 0.3) is 0 Å². The van der Waals surface area contributed by atoms with Gasteiger partial charge in [-0.15, -0.1) is 0 Å². The quantitative estimate of drug-likeness (QED) is 0.303. The third-order valence-corrected chi connectivity index (χ3v) is 5.24. The van der Waals surface area contributed by atoms with Gasteiger partial charge in [-0.2, -0.15) is 0 Å². The zero-order valence-corrected chi connectivity index (χ0v) is 29.3. The van der Waals surface area contributed by atoms with Crippen LogP contribution < -0.4 is 0 Å². The van der Waals surface area contributed by atoms with Gasteiger partial charge in [0, 0.05) is 21.7 Å². The average Bonchev–Trinajstić information content (AvgIpc) is 3.69. The molecular weight excluding hydrogens is 520 g/mol. The Balaban J connectivity index is 0. The summed E-state index contributed by atoms with van der Waals surface area (Å²) in [4.78, 5) is 7.84. The van der Waals surface area contributed by atoms with E-state index in [0.717, 1.165) is 44.3 Å². The highest BCUT2D eigenvalue weighted by molar-refractivity contribution is 5.05. The van der Waals surface area contributed by atoms with Crippen LogP contribution in [-0.2, 0) is 29.8 Å². The van der Waals surface area contributed by atoms with Crippen LogP contribution in [0.3, 0.4) is 0 Å². The van der Waals surface area contributed by atoms with E-state index in [4.69, 9.17) is 27.8 Å². The maximum Gasteiger partial charge on any atom is 0.180 e. The van der Waals surface area contributed by atoms with E-state index >= 15 is 0 Å². The summed E-state index contributed by atoms with van der Waals surface area (Å²) in [5.74, 6) is 0.933. The molecule has 0 aliphatic carbocycles. The van der Waals surface area contributed by atoms with E-state index in [9.17, 15) is 0 Å². The number of ether oxygens (including phenoxy) is 4. The Morgan fingerprint density at radius 3 is 1.27 bits per heavy atom. The second kappa shape index (κ2) is 20.2. The molecule has 0 unspecified atom stereocenters. The van der Waals surface area contributed by atoms with E-state index < -0.39 is 0 Å². The van der Waals surface area contributed by atoms with Gasteiger partial charge in [0.1, 0.15) is 12.0 Å². The van der Waals surface area contributed by atoms with Crippen molar-refractivity contribution in [3.63, 3.8) is 0 Å². The van der Waals surface area contributed by atoms with E-state index in [-0.39, 0.29) is 34.2 Å². The predicted octanol–water partition coefficient (Wildman–Crippen LogP) is 9.20. The minimum absolute atomic E-state index is 0.00116. The van der Waals surface area contributed by atoms with Crippen LogP contribution in [0.4, 0.5) is 0 Å². The first kappa shape index (κ1) is 41.4. The largest absolute Gasteiger partial charge is 0.451 e. The standard InChI is InChI=1S/C8H16O2.2C7H11NO.C7H14O2.2C2H6/c1-8(2,3)7-9-5-4-6-10-7;1-7(2,3)6-4-9-5-8-6;1-7(2,3)6-4-8-5-9-6;1-7(2,3)6-8-4-5-9-6;2*1-2/h7H,4-6H2,1-3H3;2*4-5H,1-3H3;6H,4-5H2,1-3H3;2*1-2H3. The summed E-state index contributed by atoms with van der Waals surface area (Å²) in [6.45, 7) is 36.5. The lowest BCUT2D eigenvalue weighted by molar-refractivity contribution is -0.224. The van der Waals surface area contributed by atoms with Crippen LogP contribution >= 0.6 is 0 Å². The lowest BCUT2D eigenvalue weighted by Gasteiger charge is -2.33. The van der Waals surface area contributed by atoms with Crippen molar-refractivity contribution in [3.05, 3.63) is 36.7 Å². The van der Waals surface area contributed by atoms with Crippen LogP contribution in [0.2, 0.25) is 0 Å². The van der Waals surface area contributed by atoms with Crippen molar-refractivity contribution in [1.82, 2.24) is 9.97 Å². The summed E-state index contributed by atoms with van der Waals surface area (Å²) in [6, 6.07) is 0. The molecule has 0 radical (unpaired) electrons. The number of oxazole rings is 2. The normalized spacial score (nSPS) is 16.2. The second-order valence-corrected chi connectivity index (χ2v) is 13.5. The minimum atomic E-state index is 0.00116. The van der Waals surface area contributed by atoms with Crippen molar-refractivity contribution in [3.8, 4) is 0 Å². The molecule has 4 heterocycles. The monoisotopic (exact) mass is 584 g/mol. The first-order chi connectivity index (χ1) is 18.9. The Morgan fingerprint density at radius 2 is 1.05 bits per heavy atom. The summed E-state index contributed by atoms with van der Waals surface area (Å²) in [5.41, 5.74) is 1.47. The van der Waals surface area contributed by atoms with E-state index in [0.29, 0.717) is 0 Å². The molecule has 2 aromatic heterocycles. The fourth-order valence-electron chi connectivity index (χ4n) is 3.02. The highest BCUT2D eigenvalue weighted by Crippen LogP contribution is 2.26. The summed E-state index contributed by atoms with van der Waals surface area (Å²) in [7, 11) is 0. The molecule has 0 N–H and O–H groups in total. The Morgan fingerprint density at radius 1 is 0.610 bits per heavy atom. The molecule has 242 valence electrons. The Kier molecular flexibility index (Phi) is 20.4. The smallest absolute Gasteiger partial charge is 0.180 e. The van der Waals surface area contributed by atoms with Crippen LogP contribution in [0, 0.1) is 10.8 Å². The highest BCUT2D eigenvalue weighted by atomic mass is 16.7. The Bertz CT molecular complexity index is 767. The zero-order chi connectivity index (χ0) is 32.3. The molecule has 0 bridgehead atoms. The lowest BCUT2D eigenvalue weighted by Crippen LogP contribution is -2.36. The van der Waals surface area contributed by atoms with Gasteiger partial charge in [0.15, 0.2) is 25.4 Å². The van der Waals surface area contributed by atoms with Crippen molar-refractivity contribution in [2.45, 2.75) is 141 Å². The molecule has 2 aliphatic rings. The second-order valence-electron chi connectivity index (χ2n) is 13.5. The third kappa shape index (κ3) is 19.1. The summed E-state index contributed by atoms with van der Waals surface area (Å²) in [5, 5.41) is 0. The molecule has 0 spiro atoms. The van der Waals surface area contributed by atoms with E-state index in [1.54, 1.807) is 12.5 Å². The fraction of sp³-hybridized carbons (Fsp3) is 0.818. The molecule has 2 aliphatic heterocycles. The summed E-state index contributed by atoms with van der Waals surface area (Å²) < 4.78 is 31.3. The number of aromatic nitrogens is 2. The maximum absolute atomic E-state index is 5.42. The number of hydrogen-bond acceptors (Lipinski definition) is 8. The molecule has 0 saturated carbocycles. The average molecular weight is 585 g/mol. The molecule has 0 aromatic carbocycles.